The average molecular weight is 155 g/mol. The van der Waals surface area contributed by atoms with Gasteiger partial charge in [0, 0.05) is 6.04 Å². The number of hydrogen-bond acceptors (Lipinski definition) is 3. The smallest absolute Gasteiger partial charge is 0.320 e. The molecule has 11 heavy (non-hydrogen) atoms. The first-order valence-corrected chi connectivity index (χ1v) is 3.67. The number of nitrogens with zero attached hydrogens (tertiary/aromatic N) is 1. The molecular weight excluding hydrogens is 142 g/mol. The lowest BCUT2D eigenvalue weighted by Crippen LogP contribution is -2.49. The summed E-state index contributed by atoms with van der Waals surface area (Å²) in [6, 6.07) is 0.241. The third kappa shape index (κ3) is 1.60. The van der Waals surface area contributed by atoms with Crippen LogP contribution in [-0.4, -0.2) is 36.6 Å². The quantitative estimate of drug-likeness (QED) is 0.406. The van der Waals surface area contributed by atoms with E-state index in [1.54, 1.807) is 6.08 Å². The number of ether oxygens (including phenoxy) is 1. The van der Waals surface area contributed by atoms with Crippen LogP contribution in [0.1, 0.15) is 6.92 Å². The maximum atomic E-state index is 10.9. The third-order valence-corrected chi connectivity index (χ3v) is 2.05. The van der Waals surface area contributed by atoms with Crippen molar-refractivity contribution < 1.29 is 9.53 Å². The maximum absolute atomic E-state index is 10.9. The Kier molecular flexibility index (Phi) is 2.29. The Morgan fingerprint density at radius 2 is 2.45 bits per heavy atom. The van der Waals surface area contributed by atoms with Crippen molar-refractivity contribution in [2.75, 3.05) is 13.6 Å². The summed E-state index contributed by atoms with van der Waals surface area (Å²) in [5.41, 5.74) is 0. The van der Waals surface area contributed by atoms with Gasteiger partial charge in [-0.2, -0.15) is 0 Å². The lowest BCUT2D eigenvalue weighted by molar-refractivity contribution is -0.158. The van der Waals surface area contributed by atoms with Crippen molar-refractivity contribution in [2.45, 2.75) is 19.1 Å². The van der Waals surface area contributed by atoms with E-state index in [0.29, 0.717) is 6.54 Å². The number of esters is 1. The first kappa shape index (κ1) is 8.27. The van der Waals surface area contributed by atoms with E-state index in [1.165, 1.54) is 0 Å². The van der Waals surface area contributed by atoms with Crippen LogP contribution in [0.5, 0.6) is 0 Å². The van der Waals surface area contributed by atoms with Crippen molar-refractivity contribution in [3.8, 4) is 0 Å². The summed E-state index contributed by atoms with van der Waals surface area (Å²) in [6.07, 6.45) is 1.51. The molecule has 0 bridgehead atoms. The number of hydrogen-bond donors (Lipinski definition) is 0. The number of morpholine rings is 1. The summed E-state index contributed by atoms with van der Waals surface area (Å²) in [6.45, 7) is 5.99. The standard InChI is InChI=1S/C8H13NO2/c1-4-7-6(2)9(3)5-8(10)11-7/h4,6-7H,1,5H2,2-3H3/t6-,7-/m0/s1. The predicted octanol–water partition coefficient (Wildman–Crippen LogP) is 0.418. The van der Waals surface area contributed by atoms with E-state index in [2.05, 4.69) is 6.58 Å². The fourth-order valence-corrected chi connectivity index (χ4v) is 1.13. The van der Waals surface area contributed by atoms with Crippen LogP contribution in [0, 0.1) is 0 Å². The fraction of sp³-hybridized carbons (Fsp3) is 0.625. The van der Waals surface area contributed by atoms with Crippen LogP contribution in [0.3, 0.4) is 0 Å². The van der Waals surface area contributed by atoms with Gasteiger partial charge in [-0.15, -0.1) is 0 Å². The summed E-state index contributed by atoms with van der Waals surface area (Å²) < 4.78 is 5.02. The molecule has 1 rings (SSSR count). The third-order valence-electron chi connectivity index (χ3n) is 2.05. The predicted molar refractivity (Wildman–Crippen MR) is 42.2 cm³/mol. The van der Waals surface area contributed by atoms with Gasteiger partial charge in [-0.1, -0.05) is 6.58 Å². The summed E-state index contributed by atoms with van der Waals surface area (Å²) in [5.74, 6) is -0.171. The minimum atomic E-state index is -0.171. The Labute approximate surface area is 66.6 Å². The summed E-state index contributed by atoms with van der Waals surface area (Å²) in [5, 5.41) is 0. The molecule has 1 aliphatic heterocycles. The van der Waals surface area contributed by atoms with Crippen molar-refractivity contribution in [3.05, 3.63) is 12.7 Å². The van der Waals surface area contributed by atoms with Gasteiger partial charge in [-0.25, -0.2) is 0 Å². The van der Waals surface area contributed by atoms with Crippen LogP contribution < -0.4 is 0 Å². The monoisotopic (exact) mass is 155 g/mol. The van der Waals surface area contributed by atoms with Crippen LogP contribution in [0.2, 0.25) is 0 Å². The molecule has 3 heteroatoms. The molecule has 62 valence electrons. The van der Waals surface area contributed by atoms with E-state index >= 15 is 0 Å². The minimum absolute atomic E-state index is 0.152. The van der Waals surface area contributed by atoms with Gasteiger partial charge in [0.05, 0.1) is 6.54 Å². The molecule has 2 atom stereocenters. The molecule has 0 aromatic carbocycles. The van der Waals surface area contributed by atoms with Gasteiger partial charge in [0.25, 0.3) is 0 Å². The molecule has 0 saturated carbocycles. The second kappa shape index (κ2) is 3.05. The van der Waals surface area contributed by atoms with Gasteiger partial charge < -0.3 is 4.74 Å². The molecule has 0 amide bonds. The van der Waals surface area contributed by atoms with Crippen LogP contribution in [0.4, 0.5) is 0 Å². The van der Waals surface area contributed by atoms with Crippen molar-refractivity contribution in [3.63, 3.8) is 0 Å². The number of likely N-dealkylation sites (N-methyl/N-ethyl adjacent to an activating group) is 1. The Morgan fingerprint density at radius 1 is 1.82 bits per heavy atom. The van der Waals surface area contributed by atoms with E-state index in [-0.39, 0.29) is 18.1 Å². The molecule has 0 unspecified atom stereocenters. The maximum Gasteiger partial charge on any atom is 0.320 e. The second-order valence-corrected chi connectivity index (χ2v) is 2.85. The number of cyclic esters (lactones) is 1. The van der Waals surface area contributed by atoms with Crippen LogP contribution in [0.15, 0.2) is 12.7 Å². The largest absolute Gasteiger partial charge is 0.456 e. The Hall–Kier alpha value is -0.830. The van der Waals surface area contributed by atoms with E-state index in [9.17, 15) is 4.79 Å². The van der Waals surface area contributed by atoms with Crippen molar-refractivity contribution in [1.82, 2.24) is 4.90 Å². The molecule has 1 fully saturated rings. The lowest BCUT2D eigenvalue weighted by Gasteiger charge is -2.34. The van der Waals surface area contributed by atoms with E-state index in [4.69, 9.17) is 4.74 Å². The Morgan fingerprint density at radius 3 is 3.00 bits per heavy atom. The highest BCUT2D eigenvalue weighted by atomic mass is 16.5. The zero-order valence-corrected chi connectivity index (χ0v) is 6.91. The van der Waals surface area contributed by atoms with Gasteiger partial charge in [-0.3, -0.25) is 9.69 Å². The first-order valence-electron chi connectivity index (χ1n) is 3.67. The van der Waals surface area contributed by atoms with Gasteiger partial charge in [0.15, 0.2) is 0 Å². The van der Waals surface area contributed by atoms with Gasteiger partial charge in [0.2, 0.25) is 0 Å². The normalized spacial score (nSPS) is 33.1. The minimum Gasteiger partial charge on any atom is -0.456 e. The fourth-order valence-electron chi connectivity index (χ4n) is 1.13. The van der Waals surface area contributed by atoms with Gasteiger partial charge >= 0.3 is 5.97 Å². The number of carbonyl (C=O) groups is 1. The summed E-state index contributed by atoms with van der Waals surface area (Å²) >= 11 is 0. The highest BCUT2D eigenvalue weighted by Gasteiger charge is 2.28. The number of carbonyl (C=O) groups excluding carboxylic acids is 1. The van der Waals surface area contributed by atoms with E-state index < -0.39 is 0 Å². The van der Waals surface area contributed by atoms with Crippen molar-refractivity contribution in [1.29, 1.82) is 0 Å². The molecule has 1 saturated heterocycles. The zero-order valence-electron chi connectivity index (χ0n) is 6.91. The first-order chi connectivity index (χ1) is 5.15. The Balaban J connectivity index is 2.65. The number of rotatable bonds is 1. The molecule has 0 aliphatic carbocycles. The lowest BCUT2D eigenvalue weighted by atomic mass is 10.1. The van der Waals surface area contributed by atoms with E-state index in [0.717, 1.165) is 0 Å². The van der Waals surface area contributed by atoms with Crippen LogP contribution in [-0.2, 0) is 9.53 Å². The SMILES string of the molecule is C=C[C@@H]1OC(=O)CN(C)[C@H]1C. The molecule has 1 heterocycles. The molecule has 0 spiro atoms. The van der Waals surface area contributed by atoms with Crippen LogP contribution in [0.25, 0.3) is 0 Å². The molecule has 0 radical (unpaired) electrons. The highest BCUT2D eigenvalue weighted by Crippen LogP contribution is 2.12. The molecule has 0 N–H and O–H groups in total. The molecule has 0 aromatic heterocycles. The summed E-state index contributed by atoms with van der Waals surface area (Å²) in [7, 11) is 1.90. The molecule has 1 aliphatic rings. The Bertz CT molecular complexity index is 179. The van der Waals surface area contributed by atoms with E-state index in [1.807, 2.05) is 18.9 Å². The summed E-state index contributed by atoms with van der Waals surface area (Å²) in [4.78, 5) is 12.8. The van der Waals surface area contributed by atoms with Crippen LogP contribution >= 0.6 is 0 Å². The van der Waals surface area contributed by atoms with Crippen molar-refractivity contribution >= 4 is 5.97 Å². The molecule has 0 aromatic rings. The topological polar surface area (TPSA) is 29.5 Å². The van der Waals surface area contributed by atoms with Gasteiger partial charge in [0.1, 0.15) is 6.10 Å². The van der Waals surface area contributed by atoms with Gasteiger partial charge in [-0.05, 0) is 20.0 Å². The molecular formula is C8H13NO2. The second-order valence-electron chi connectivity index (χ2n) is 2.85. The average Bonchev–Trinajstić information content (AvgIpc) is 1.96. The highest BCUT2D eigenvalue weighted by molar-refractivity contribution is 5.72. The van der Waals surface area contributed by atoms with Crippen molar-refractivity contribution in [2.24, 2.45) is 0 Å². The zero-order chi connectivity index (χ0) is 8.43. The molecule has 3 nitrogen and oxygen atoms in total.